The van der Waals surface area contributed by atoms with Crippen molar-refractivity contribution in [2.24, 2.45) is 5.73 Å². The molecule has 1 fully saturated rings. The molecular weight excluding hydrogens is 245 g/mol. The summed E-state index contributed by atoms with van der Waals surface area (Å²) in [5.74, 6) is -0.801. The van der Waals surface area contributed by atoms with Crippen molar-refractivity contribution in [3.8, 4) is 0 Å². The van der Waals surface area contributed by atoms with Gasteiger partial charge in [0.2, 0.25) is 5.91 Å². The van der Waals surface area contributed by atoms with Crippen LogP contribution in [0, 0.1) is 5.82 Å². The lowest BCUT2D eigenvalue weighted by Crippen LogP contribution is -2.24. The number of hydrogen-bond donors (Lipinski definition) is 2. The van der Waals surface area contributed by atoms with Crippen molar-refractivity contribution < 1.29 is 9.18 Å². The van der Waals surface area contributed by atoms with E-state index in [-0.39, 0.29) is 18.1 Å². The molecule has 0 radical (unpaired) electrons. The first-order valence-electron chi connectivity index (χ1n) is 6.75. The Labute approximate surface area is 112 Å². The van der Waals surface area contributed by atoms with Crippen molar-refractivity contribution in [1.29, 1.82) is 0 Å². The molecule has 0 saturated carbocycles. The van der Waals surface area contributed by atoms with Gasteiger partial charge in [0.25, 0.3) is 0 Å². The highest BCUT2D eigenvalue weighted by molar-refractivity contribution is 5.92. The molecule has 0 bridgehead atoms. The first-order valence-corrected chi connectivity index (χ1v) is 6.75. The molecule has 0 aromatic heterocycles. The summed E-state index contributed by atoms with van der Waals surface area (Å²) in [5.41, 5.74) is 6.26. The second-order valence-electron chi connectivity index (χ2n) is 4.82. The topological polar surface area (TPSA) is 58.4 Å². The minimum atomic E-state index is -0.413. The lowest BCUT2D eigenvalue weighted by Gasteiger charge is -2.23. The van der Waals surface area contributed by atoms with E-state index in [9.17, 15) is 9.18 Å². The third-order valence-corrected chi connectivity index (χ3v) is 3.38. The number of carbonyl (C=O) groups is 1. The van der Waals surface area contributed by atoms with Crippen molar-refractivity contribution in [2.45, 2.75) is 25.7 Å². The standard InChI is InChI=1S/C14H20FN3O/c15-12-9-11(18-7-3-1-2-4-8-18)5-6-13(12)17-14(19)10-16/h5-6,9H,1-4,7-8,10,16H2,(H,17,19). The van der Waals surface area contributed by atoms with Crippen molar-refractivity contribution in [1.82, 2.24) is 0 Å². The molecule has 104 valence electrons. The molecule has 4 nitrogen and oxygen atoms in total. The molecule has 1 amide bonds. The zero-order valence-electron chi connectivity index (χ0n) is 11.0. The second-order valence-corrected chi connectivity index (χ2v) is 4.82. The predicted octanol–water partition coefficient (Wildman–Crippen LogP) is 2.10. The normalized spacial score (nSPS) is 16.0. The smallest absolute Gasteiger partial charge is 0.238 e. The van der Waals surface area contributed by atoms with Crippen LogP contribution >= 0.6 is 0 Å². The molecule has 2 rings (SSSR count). The van der Waals surface area contributed by atoms with E-state index in [0.717, 1.165) is 31.6 Å². The highest BCUT2D eigenvalue weighted by atomic mass is 19.1. The number of nitrogens with one attached hydrogen (secondary N) is 1. The summed E-state index contributed by atoms with van der Waals surface area (Å²) < 4.78 is 13.9. The number of benzene rings is 1. The van der Waals surface area contributed by atoms with Gasteiger partial charge in [-0.2, -0.15) is 0 Å². The summed E-state index contributed by atoms with van der Waals surface area (Å²) in [5, 5.41) is 2.44. The Hall–Kier alpha value is -1.62. The van der Waals surface area contributed by atoms with Crippen LogP contribution in [-0.2, 0) is 4.79 Å². The molecule has 1 aromatic rings. The molecule has 3 N–H and O–H groups in total. The summed E-state index contributed by atoms with van der Waals surface area (Å²) in [6.07, 6.45) is 4.77. The van der Waals surface area contributed by atoms with Crippen LogP contribution in [0.1, 0.15) is 25.7 Å². The van der Waals surface area contributed by atoms with Gasteiger partial charge in [-0.1, -0.05) is 12.8 Å². The van der Waals surface area contributed by atoms with Crippen LogP contribution in [-0.4, -0.2) is 25.5 Å². The highest BCUT2D eigenvalue weighted by Crippen LogP contribution is 2.24. The predicted molar refractivity (Wildman–Crippen MR) is 74.8 cm³/mol. The van der Waals surface area contributed by atoms with E-state index in [1.807, 2.05) is 6.07 Å². The molecule has 19 heavy (non-hydrogen) atoms. The van der Waals surface area contributed by atoms with E-state index < -0.39 is 5.82 Å². The van der Waals surface area contributed by atoms with E-state index in [1.54, 1.807) is 6.07 Å². The molecule has 1 saturated heterocycles. The molecule has 1 heterocycles. The molecule has 1 aliphatic rings. The number of nitrogens with two attached hydrogens (primary N) is 1. The zero-order valence-corrected chi connectivity index (χ0v) is 11.0. The lowest BCUT2D eigenvalue weighted by atomic mass is 10.2. The van der Waals surface area contributed by atoms with E-state index in [0.29, 0.717) is 0 Å². The largest absolute Gasteiger partial charge is 0.371 e. The van der Waals surface area contributed by atoms with Crippen molar-refractivity contribution >= 4 is 17.3 Å². The SMILES string of the molecule is NCC(=O)Nc1ccc(N2CCCCCC2)cc1F. The Morgan fingerprint density at radius 1 is 1.26 bits per heavy atom. The van der Waals surface area contributed by atoms with Crippen molar-refractivity contribution in [3.63, 3.8) is 0 Å². The molecule has 1 aliphatic heterocycles. The summed E-state index contributed by atoms with van der Waals surface area (Å²) >= 11 is 0. The summed E-state index contributed by atoms with van der Waals surface area (Å²) in [7, 11) is 0. The maximum Gasteiger partial charge on any atom is 0.238 e. The Morgan fingerprint density at radius 3 is 2.53 bits per heavy atom. The van der Waals surface area contributed by atoms with Crippen molar-refractivity contribution in [3.05, 3.63) is 24.0 Å². The molecule has 0 unspecified atom stereocenters. The minimum Gasteiger partial charge on any atom is -0.371 e. The number of rotatable bonds is 3. The third-order valence-electron chi connectivity index (χ3n) is 3.38. The fourth-order valence-electron chi connectivity index (χ4n) is 2.33. The Kier molecular flexibility index (Phi) is 4.74. The van der Waals surface area contributed by atoms with Gasteiger partial charge in [0.1, 0.15) is 5.82 Å². The number of hydrogen-bond acceptors (Lipinski definition) is 3. The van der Waals surface area contributed by atoms with Gasteiger partial charge in [-0.3, -0.25) is 4.79 Å². The number of amides is 1. The Morgan fingerprint density at radius 2 is 1.95 bits per heavy atom. The number of carbonyl (C=O) groups excluding carboxylic acids is 1. The van der Waals surface area contributed by atoms with Gasteiger partial charge in [0, 0.05) is 18.8 Å². The monoisotopic (exact) mass is 265 g/mol. The number of halogens is 1. The third kappa shape index (κ3) is 3.67. The van der Waals surface area contributed by atoms with Crippen LogP contribution in [0.5, 0.6) is 0 Å². The molecule has 1 aromatic carbocycles. The van der Waals surface area contributed by atoms with Gasteiger partial charge >= 0.3 is 0 Å². The van der Waals surface area contributed by atoms with Crippen LogP contribution in [0.2, 0.25) is 0 Å². The number of anilines is 2. The van der Waals surface area contributed by atoms with Crippen LogP contribution in [0.15, 0.2) is 18.2 Å². The van der Waals surface area contributed by atoms with Crippen LogP contribution < -0.4 is 16.0 Å². The first-order chi connectivity index (χ1) is 9.20. The maximum atomic E-state index is 13.9. The Balaban J connectivity index is 2.11. The molecule has 0 aliphatic carbocycles. The Bertz CT molecular complexity index is 442. The van der Waals surface area contributed by atoms with E-state index in [2.05, 4.69) is 10.2 Å². The fraction of sp³-hybridized carbons (Fsp3) is 0.500. The summed E-state index contributed by atoms with van der Waals surface area (Å²) in [6, 6.07) is 4.93. The summed E-state index contributed by atoms with van der Waals surface area (Å²) in [4.78, 5) is 13.4. The molecule has 5 heteroatoms. The summed E-state index contributed by atoms with van der Waals surface area (Å²) in [6.45, 7) is 1.79. The maximum absolute atomic E-state index is 13.9. The van der Waals surface area contributed by atoms with Gasteiger partial charge in [0.05, 0.1) is 12.2 Å². The minimum absolute atomic E-state index is 0.146. The second kappa shape index (κ2) is 6.52. The molecular formula is C14H20FN3O. The highest BCUT2D eigenvalue weighted by Gasteiger charge is 2.12. The molecule has 0 spiro atoms. The van der Waals surface area contributed by atoms with Crippen molar-refractivity contribution in [2.75, 3.05) is 29.9 Å². The van der Waals surface area contributed by atoms with E-state index in [1.165, 1.54) is 18.9 Å². The van der Waals surface area contributed by atoms with Gasteiger partial charge < -0.3 is 16.0 Å². The van der Waals surface area contributed by atoms with Crippen LogP contribution in [0.25, 0.3) is 0 Å². The fourth-order valence-corrected chi connectivity index (χ4v) is 2.33. The zero-order chi connectivity index (χ0) is 13.7. The van der Waals surface area contributed by atoms with Gasteiger partial charge in [0.15, 0.2) is 0 Å². The average Bonchev–Trinajstić information content (AvgIpc) is 2.69. The first kappa shape index (κ1) is 13.8. The van der Waals surface area contributed by atoms with Gasteiger partial charge in [-0.25, -0.2) is 4.39 Å². The molecule has 0 atom stereocenters. The number of nitrogens with zero attached hydrogens (tertiary/aromatic N) is 1. The van der Waals surface area contributed by atoms with Crippen LogP contribution in [0.4, 0.5) is 15.8 Å². The quantitative estimate of drug-likeness (QED) is 0.880. The average molecular weight is 265 g/mol. The van der Waals surface area contributed by atoms with E-state index >= 15 is 0 Å². The van der Waals surface area contributed by atoms with Crippen LogP contribution in [0.3, 0.4) is 0 Å². The lowest BCUT2D eigenvalue weighted by molar-refractivity contribution is -0.114. The van der Waals surface area contributed by atoms with E-state index in [4.69, 9.17) is 5.73 Å². The van der Waals surface area contributed by atoms with Gasteiger partial charge in [-0.15, -0.1) is 0 Å². The van der Waals surface area contributed by atoms with Gasteiger partial charge in [-0.05, 0) is 31.0 Å².